The van der Waals surface area contributed by atoms with Crippen LogP contribution < -0.4 is 10.1 Å². The highest BCUT2D eigenvalue weighted by molar-refractivity contribution is 6.32. The summed E-state index contributed by atoms with van der Waals surface area (Å²) in [6, 6.07) is 6.44. The van der Waals surface area contributed by atoms with Gasteiger partial charge in [-0.15, -0.1) is 0 Å². The van der Waals surface area contributed by atoms with Crippen molar-refractivity contribution in [1.29, 1.82) is 0 Å². The molecule has 0 fully saturated rings. The number of nitrogens with one attached hydrogen (secondary N) is 1. The summed E-state index contributed by atoms with van der Waals surface area (Å²) in [5, 5.41) is 3.09. The average Bonchev–Trinajstić information content (AvgIpc) is 2.93. The van der Waals surface area contributed by atoms with Crippen LogP contribution in [0.15, 0.2) is 28.7 Å². The molecular formula is C16H14ClNO4. The molecule has 1 amide bonds. The molecule has 114 valence electrons. The predicted molar refractivity (Wildman–Crippen MR) is 81.9 cm³/mol. The van der Waals surface area contributed by atoms with Crippen LogP contribution in [0, 0.1) is 0 Å². The highest BCUT2D eigenvalue weighted by atomic mass is 35.5. The number of furan rings is 1. The van der Waals surface area contributed by atoms with Crippen molar-refractivity contribution in [1.82, 2.24) is 0 Å². The Bertz CT molecular complexity index is 751. The maximum absolute atomic E-state index is 12.2. The normalized spacial score (nSPS) is 13.6. The third-order valence-electron chi connectivity index (χ3n) is 3.55. The summed E-state index contributed by atoms with van der Waals surface area (Å²) in [6.07, 6.45) is 1.94. The fraction of sp³-hybridized carbons (Fsp3) is 0.250. The molecule has 0 bridgehead atoms. The van der Waals surface area contributed by atoms with Crippen molar-refractivity contribution in [2.45, 2.75) is 19.3 Å². The van der Waals surface area contributed by atoms with E-state index >= 15 is 0 Å². The average molecular weight is 320 g/mol. The number of Topliss-reactive ketones (excluding diaryl/α,β-unsaturated/α-hetero) is 1. The van der Waals surface area contributed by atoms with E-state index in [2.05, 4.69) is 5.32 Å². The van der Waals surface area contributed by atoms with Gasteiger partial charge in [0, 0.05) is 24.6 Å². The van der Waals surface area contributed by atoms with Crippen LogP contribution in [0.4, 0.5) is 5.69 Å². The van der Waals surface area contributed by atoms with Crippen molar-refractivity contribution in [2.75, 3.05) is 12.4 Å². The van der Waals surface area contributed by atoms with Crippen molar-refractivity contribution in [3.63, 3.8) is 0 Å². The number of aryl methyl sites for hydroxylation is 1. The van der Waals surface area contributed by atoms with Crippen molar-refractivity contribution in [2.24, 2.45) is 0 Å². The lowest BCUT2D eigenvalue weighted by Crippen LogP contribution is -2.11. The van der Waals surface area contributed by atoms with Crippen LogP contribution in [-0.2, 0) is 6.42 Å². The van der Waals surface area contributed by atoms with Gasteiger partial charge in [0.25, 0.3) is 5.91 Å². The van der Waals surface area contributed by atoms with E-state index in [4.69, 9.17) is 20.8 Å². The predicted octanol–water partition coefficient (Wildman–Crippen LogP) is 3.71. The van der Waals surface area contributed by atoms with E-state index in [1.54, 1.807) is 18.2 Å². The van der Waals surface area contributed by atoms with Gasteiger partial charge in [0.1, 0.15) is 11.5 Å². The van der Waals surface area contributed by atoms with Gasteiger partial charge in [0.2, 0.25) is 0 Å². The van der Waals surface area contributed by atoms with E-state index in [1.807, 2.05) is 0 Å². The molecule has 1 aliphatic carbocycles. The maximum atomic E-state index is 12.2. The molecule has 1 N–H and O–H groups in total. The molecular weight excluding hydrogens is 306 g/mol. The summed E-state index contributed by atoms with van der Waals surface area (Å²) < 4.78 is 10.6. The number of hydrogen-bond donors (Lipinski definition) is 1. The van der Waals surface area contributed by atoms with Crippen molar-refractivity contribution >= 4 is 29.0 Å². The van der Waals surface area contributed by atoms with Gasteiger partial charge in [-0.05, 0) is 24.6 Å². The highest BCUT2D eigenvalue weighted by Gasteiger charge is 2.24. The smallest absolute Gasteiger partial charge is 0.291 e. The third-order valence-corrected chi connectivity index (χ3v) is 3.85. The molecule has 3 rings (SSSR count). The second-order valence-electron chi connectivity index (χ2n) is 5.03. The van der Waals surface area contributed by atoms with Crippen molar-refractivity contribution < 1.29 is 18.7 Å². The zero-order chi connectivity index (χ0) is 15.7. The molecule has 0 atom stereocenters. The molecule has 2 aromatic rings. The monoisotopic (exact) mass is 319 g/mol. The molecule has 6 heteroatoms. The van der Waals surface area contributed by atoms with Crippen molar-refractivity contribution in [3.05, 3.63) is 46.4 Å². The summed E-state index contributed by atoms with van der Waals surface area (Å²) in [6.45, 7) is 0. The zero-order valence-corrected chi connectivity index (χ0v) is 12.7. The number of anilines is 1. The van der Waals surface area contributed by atoms with Gasteiger partial charge in [0.05, 0.1) is 17.7 Å². The molecule has 0 unspecified atom stereocenters. The molecule has 0 radical (unpaired) electrons. The Hall–Kier alpha value is -2.27. The Morgan fingerprint density at radius 1 is 1.32 bits per heavy atom. The molecule has 0 saturated heterocycles. The molecule has 0 aliphatic heterocycles. The number of amides is 1. The van der Waals surface area contributed by atoms with E-state index in [9.17, 15) is 9.59 Å². The number of halogens is 1. The minimum absolute atomic E-state index is 0.0246. The van der Waals surface area contributed by atoms with Gasteiger partial charge in [-0.3, -0.25) is 9.59 Å². The molecule has 1 aliphatic rings. The SMILES string of the molecule is COc1ccc(NC(=O)c2cc3c(o2)CCCC3=O)cc1Cl. The molecule has 1 aromatic carbocycles. The number of fused-ring (bicyclic) bond motifs is 1. The van der Waals surface area contributed by atoms with Gasteiger partial charge in [-0.2, -0.15) is 0 Å². The molecule has 5 nitrogen and oxygen atoms in total. The first-order chi connectivity index (χ1) is 10.6. The lowest BCUT2D eigenvalue weighted by Gasteiger charge is -2.07. The summed E-state index contributed by atoms with van der Waals surface area (Å²) >= 11 is 6.02. The Kier molecular flexibility index (Phi) is 3.90. The quantitative estimate of drug-likeness (QED) is 0.936. The van der Waals surface area contributed by atoms with Crippen molar-refractivity contribution in [3.8, 4) is 5.75 Å². The van der Waals surface area contributed by atoms with Crippen LogP contribution in [0.25, 0.3) is 0 Å². The standard InChI is InChI=1S/C16H14ClNO4/c1-21-14-6-5-9(7-11(14)17)18-16(20)15-8-10-12(19)3-2-4-13(10)22-15/h5-8H,2-4H2,1H3,(H,18,20). The summed E-state index contributed by atoms with van der Waals surface area (Å²) in [5.74, 6) is 0.861. The summed E-state index contributed by atoms with van der Waals surface area (Å²) in [7, 11) is 1.52. The largest absolute Gasteiger partial charge is 0.495 e. The van der Waals surface area contributed by atoms with Crippen LogP contribution in [0.2, 0.25) is 5.02 Å². The first-order valence-corrected chi connectivity index (χ1v) is 7.27. The number of carbonyl (C=O) groups excluding carboxylic acids is 2. The topological polar surface area (TPSA) is 68.5 Å². The van der Waals surface area contributed by atoms with E-state index in [0.717, 1.165) is 6.42 Å². The van der Waals surface area contributed by atoms with E-state index < -0.39 is 5.91 Å². The van der Waals surface area contributed by atoms with Crippen LogP contribution in [0.1, 0.15) is 39.5 Å². The molecule has 1 aromatic heterocycles. The van der Waals surface area contributed by atoms with Gasteiger partial charge in [-0.25, -0.2) is 0 Å². The molecule has 1 heterocycles. The number of rotatable bonds is 3. The number of ether oxygens (including phenoxy) is 1. The minimum atomic E-state index is -0.413. The lowest BCUT2D eigenvalue weighted by molar-refractivity contribution is 0.0963. The van der Waals surface area contributed by atoms with E-state index in [0.29, 0.717) is 40.6 Å². The Morgan fingerprint density at radius 2 is 2.14 bits per heavy atom. The Morgan fingerprint density at radius 3 is 2.82 bits per heavy atom. The number of carbonyl (C=O) groups is 2. The Labute approximate surface area is 132 Å². The number of methoxy groups -OCH3 is 1. The second-order valence-corrected chi connectivity index (χ2v) is 5.43. The summed E-state index contributed by atoms with van der Waals surface area (Å²) in [5.41, 5.74) is 1.04. The number of ketones is 1. The van der Waals surface area contributed by atoms with E-state index in [-0.39, 0.29) is 11.5 Å². The minimum Gasteiger partial charge on any atom is -0.495 e. The van der Waals surface area contributed by atoms with Gasteiger partial charge < -0.3 is 14.5 Å². The molecule has 0 saturated carbocycles. The Balaban J connectivity index is 1.80. The zero-order valence-electron chi connectivity index (χ0n) is 11.9. The number of hydrogen-bond acceptors (Lipinski definition) is 4. The fourth-order valence-electron chi connectivity index (χ4n) is 2.44. The molecule has 22 heavy (non-hydrogen) atoms. The number of benzene rings is 1. The van der Waals surface area contributed by atoms with Crippen LogP contribution >= 0.6 is 11.6 Å². The fourth-order valence-corrected chi connectivity index (χ4v) is 2.70. The maximum Gasteiger partial charge on any atom is 0.291 e. The van der Waals surface area contributed by atoms with Crippen LogP contribution in [0.3, 0.4) is 0 Å². The second kappa shape index (κ2) is 5.85. The first kappa shape index (κ1) is 14.7. The van der Waals surface area contributed by atoms with Crippen LogP contribution in [-0.4, -0.2) is 18.8 Å². The van der Waals surface area contributed by atoms with Crippen LogP contribution in [0.5, 0.6) is 5.75 Å². The highest BCUT2D eigenvalue weighted by Crippen LogP contribution is 2.28. The summed E-state index contributed by atoms with van der Waals surface area (Å²) in [4.78, 5) is 24.0. The van der Waals surface area contributed by atoms with Gasteiger partial charge in [-0.1, -0.05) is 11.6 Å². The first-order valence-electron chi connectivity index (χ1n) is 6.89. The van der Waals surface area contributed by atoms with Gasteiger partial charge >= 0.3 is 0 Å². The lowest BCUT2D eigenvalue weighted by atomic mass is 9.97. The van der Waals surface area contributed by atoms with Gasteiger partial charge in [0.15, 0.2) is 11.5 Å². The van der Waals surface area contributed by atoms with E-state index in [1.165, 1.54) is 13.2 Å². The third kappa shape index (κ3) is 2.72. The molecule has 0 spiro atoms.